The van der Waals surface area contributed by atoms with Crippen molar-refractivity contribution in [1.29, 1.82) is 0 Å². The standard InChI is InChI=1S/C20H22O4/c1-11-7-14-8-17(22)19(24-4)10-15(14)20(12(11)2)13-5-6-16(21)18(9-13)23-3/h5-10,12,20-22H,1-4H3. The van der Waals surface area contributed by atoms with Crippen molar-refractivity contribution in [2.45, 2.75) is 19.8 Å². The van der Waals surface area contributed by atoms with E-state index in [0.29, 0.717) is 11.5 Å². The van der Waals surface area contributed by atoms with Crippen molar-refractivity contribution < 1.29 is 19.7 Å². The molecule has 2 atom stereocenters. The fourth-order valence-corrected chi connectivity index (χ4v) is 3.42. The van der Waals surface area contributed by atoms with E-state index in [9.17, 15) is 10.2 Å². The first-order valence-electron chi connectivity index (χ1n) is 7.92. The van der Waals surface area contributed by atoms with Gasteiger partial charge in [-0.05, 0) is 53.8 Å². The van der Waals surface area contributed by atoms with Crippen LogP contribution in [0, 0.1) is 5.92 Å². The summed E-state index contributed by atoms with van der Waals surface area (Å²) in [6.45, 7) is 4.28. The Hall–Kier alpha value is -2.62. The fourth-order valence-electron chi connectivity index (χ4n) is 3.42. The van der Waals surface area contributed by atoms with Crippen LogP contribution in [0.15, 0.2) is 35.9 Å². The molecule has 2 unspecified atom stereocenters. The smallest absolute Gasteiger partial charge is 0.160 e. The molecule has 0 aliphatic heterocycles. The summed E-state index contributed by atoms with van der Waals surface area (Å²) in [5.41, 5.74) is 4.37. The van der Waals surface area contributed by atoms with E-state index in [1.54, 1.807) is 26.4 Å². The minimum atomic E-state index is 0.0917. The molecule has 0 saturated carbocycles. The quantitative estimate of drug-likeness (QED) is 0.883. The van der Waals surface area contributed by atoms with Crippen LogP contribution in [-0.4, -0.2) is 24.4 Å². The molecule has 0 radical (unpaired) electrons. The van der Waals surface area contributed by atoms with Gasteiger partial charge in [0.25, 0.3) is 0 Å². The van der Waals surface area contributed by atoms with Crippen molar-refractivity contribution in [3.05, 3.63) is 52.6 Å². The molecule has 1 aliphatic carbocycles. The molecule has 0 saturated heterocycles. The lowest BCUT2D eigenvalue weighted by molar-refractivity contribution is 0.370. The number of phenolic OH excluding ortho intramolecular Hbond substituents is 2. The molecule has 24 heavy (non-hydrogen) atoms. The Labute approximate surface area is 142 Å². The molecular formula is C20H22O4. The number of phenols is 2. The number of ether oxygens (including phenoxy) is 2. The molecule has 0 bridgehead atoms. The minimum Gasteiger partial charge on any atom is -0.504 e. The number of hydrogen-bond donors (Lipinski definition) is 2. The zero-order valence-electron chi connectivity index (χ0n) is 14.3. The lowest BCUT2D eigenvalue weighted by Crippen LogP contribution is -2.17. The average Bonchev–Trinajstić information content (AvgIpc) is 2.57. The molecule has 0 heterocycles. The number of benzene rings is 2. The zero-order valence-corrected chi connectivity index (χ0v) is 14.3. The number of hydrogen-bond acceptors (Lipinski definition) is 4. The molecule has 2 aromatic rings. The van der Waals surface area contributed by atoms with Crippen molar-refractivity contribution in [3.8, 4) is 23.0 Å². The maximum absolute atomic E-state index is 10.1. The van der Waals surface area contributed by atoms with Crippen molar-refractivity contribution >= 4 is 6.08 Å². The third-order valence-corrected chi connectivity index (χ3v) is 4.88. The van der Waals surface area contributed by atoms with E-state index < -0.39 is 0 Å². The molecular weight excluding hydrogens is 304 g/mol. The molecule has 3 rings (SSSR count). The molecule has 0 fully saturated rings. The van der Waals surface area contributed by atoms with Crippen LogP contribution in [0.25, 0.3) is 6.08 Å². The van der Waals surface area contributed by atoms with Crippen LogP contribution in [0.1, 0.15) is 36.5 Å². The first-order chi connectivity index (χ1) is 11.5. The first kappa shape index (κ1) is 16.2. The molecule has 0 amide bonds. The number of aromatic hydroxyl groups is 2. The second-order valence-corrected chi connectivity index (χ2v) is 6.24. The predicted molar refractivity (Wildman–Crippen MR) is 94.0 cm³/mol. The lowest BCUT2D eigenvalue weighted by atomic mass is 9.72. The monoisotopic (exact) mass is 326 g/mol. The van der Waals surface area contributed by atoms with Gasteiger partial charge in [-0.1, -0.05) is 24.6 Å². The van der Waals surface area contributed by atoms with Crippen LogP contribution in [-0.2, 0) is 0 Å². The van der Waals surface area contributed by atoms with E-state index >= 15 is 0 Å². The summed E-state index contributed by atoms with van der Waals surface area (Å²) in [6, 6.07) is 9.09. The van der Waals surface area contributed by atoms with E-state index in [1.165, 1.54) is 5.57 Å². The van der Waals surface area contributed by atoms with Crippen LogP contribution in [0.3, 0.4) is 0 Å². The van der Waals surface area contributed by atoms with Gasteiger partial charge >= 0.3 is 0 Å². The highest BCUT2D eigenvalue weighted by Crippen LogP contribution is 2.46. The molecule has 1 aliphatic rings. The summed E-state index contributed by atoms with van der Waals surface area (Å²) in [7, 11) is 3.09. The second-order valence-electron chi connectivity index (χ2n) is 6.24. The van der Waals surface area contributed by atoms with Crippen LogP contribution >= 0.6 is 0 Å². The summed E-state index contributed by atoms with van der Waals surface area (Å²) in [5.74, 6) is 1.55. The van der Waals surface area contributed by atoms with Gasteiger partial charge in [0.15, 0.2) is 23.0 Å². The summed E-state index contributed by atoms with van der Waals surface area (Å²) >= 11 is 0. The zero-order chi connectivity index (χ0) is 17.4. The largest absolute Gasteiger partial charge is 0.504 e. The highest BCUT2D eigenvalue weighted by molar-refractivity contribution is 5.67. The highest BCUT2D eigenvalue weighted by atomic mass is 16.5. The number of rotatable bonds is 3. The normalized spacial score (nSPS) is 19.4. The van der Waals surface area contributed by atoms with Crippen LogP contribution in [0.5, 0.6) is 23.0 Å². The van der Waals surface area contributed by atoms with E-state index in [1.807, 2.05) is 18.2 Å². The maximum Gasteiger partial charge on any atom is 0.160 e. The van der Waals surface area contributed by atoms with E-state index in [4.69, 9.17) is 9.47 Å². The van der Waals surface area contributed by atoms with Gasteiger partial charge in [0.2, 0.25) is 0 Å². The topological polar surface area (TPSA) is 58.9 Å². The Kier molecular flexibility index (Phi) is 4.14. The molecule has 126 valence electrons. The molecule has 2 N–H and O–H groups in total. The van der Waals surface area contributed by atoms with Gasteiger partial charge in [0, 0.05) is 5.92 Å². The van der Waals surface area contributed by atoms with Crippen molar-refractivity contribution in [2.75, 3.05) is 14.2 Å². The van der Waals surface area contributed by atoms with Crippen molar-refractivity contribution in [2.24, 2.45) is 5.92 Å². The fraction of sp³-hybridized carbons (Fsp3) is 0.300. The van der Waals surface area contributed by atoms with Gasteiger partial charge in [-0.15, -0.1) is 0 Å². The summed E-state index contributed by atoms with van der Waals surface area (Å²) in [4.78, 5) is 0. The Bertz CT molecular complexity index is 808. The lowest BCUT2D eigenvalue weighted by Gasteiger charge is -2.32. The van der Waals surface area contributed by atoms with Crippen molar-refractivity contribution in [3.63, 3.8) is 0 Å². The van der Waals surface area contributed by atoms with E-state index in [0.717, 1.165) is 16.7 Å². The van der Waals surface area contributed by atoms with Crippen LogP contribution in [0.2, 0.25) is 0 Å². The van der Waals surface area contributed by atoms with Crippen LogP contribution < -0.4 is 9.47 Å². The molecule has 0 aromatic heterocycles. The number of allylic oxidation sites excluding steroid dienone is 1. The highest BCUT2D eigenvalue weighted by Gasteiger charge is 2.30. The average molecular weight is 326 g/mol. The van der Waals surface area contributed by atoms with Crippen molar-refractivity contribution in [1.82, 2.24) is 0 Å². The molecule has 2 aromatic carbocycles. The van der Waals surface area contributed by atoms with E-state index in [-0.39, 0.29) is 23.3 Å². The summed E-state index contributed by atoms with van der Waals surface area (Å²) < 4.78 is 10.5. The molecule has 0 spiro atoms. The number of methoxy groups -OCH3 is 2. The summed E-state index contributed by atoms with van der Waals surface area (Å²) in [6.07, 6.45) is 2.10. The van der Waals surface area contributed by atoms with Gasteiger partial charge in [-0.2, -0.15) is 0 Å². The summed E-state index contributed by atoms with van der Waals surface area (Å²) in [5, 5.41) is 20.0. The maximum atomic E-state index is 10.1. The molecule has 4 heteroatoms. The first-order valence-corrected chi connectivity index (χ1v) is 7.92. The van der Waals surface area contributed by atoms with Gasteiger partial charge in [-0.3, -0.25) is 0 Å². The van der Waals surface area contributed by atoms with Gasteiger partial charge in [0.05, 0.1) is 14.2 Å². The third kappa shape index (κ3) is 2.58. The van der Waals surface area contributed by atoms with Crippen LogP contribution in [0.4, 0.5) is 0 Å². The Balaban J connectivity index is 2.20. The molecule has 4 nitrogen and oxygen atoms in total. The minimum absolute atomic E-state index is 0.0917. The SMILES string of the molecule is COc1cc(C2c3cc(OC)c(O)cc3C=C(C)C2C)ccc1O. The van der Waals surface area contributed by atoms with Gasteiger partial charge in [-0.25, -0.2) is 0 Å². The van der Waals surface area contributed by atoms with E-state index in [2.05, 4.69) is 19.9 Å². The Morgan fingerprint density at radius 1 is 0.917 bits per heavy atom. The second kappa shape index (κ2) is 6.11. The van der Waals surface area contributed by atoms with Gasteiger partial charge < -0.3 is 19.7 Å². The third-order valence-electron chi connectivity index (χ3n) is 4.88. The Morgan fingerprint density at radius 3 is 2.25 bits per heavy atom. The van der Waals surface area contributed by atoms with Gasteiger partial charge in [0.1, 0.15) is 0 Å². The predicted octanol–water partition coefficient (Wildman–Crippen LogP) is 4.30. The Morgan fingerprint density at radius 2 is 1.58 bits per heavy atom. The number of fused-ring (bicyclic) bond motifs is 1.